The van der Waals surface area contributed by atoms with Gasteiger partial charge in [0.15, 0.2) is 0 Å². The first-order valence-electron chi connectivity index (χ1n) is 4.23. The molecule has 0 fully saturated rings. The van der Waals surface area contributed by atoms with Crippen molar-refractivity contribution < 1.29 is 5.11 Å². The topological polar surface area (TPSA) is 19.9 Å². The fourth-order valence-electron chi connectivity index (χ4n) is 0.960. The third kappa shape index (κ3) is 3.89. The lowest BCUT2D eigenvalue weighted by Crippen LogP contribution is -2.17. The molecule has 1 nitrogen and oxygen atoms in total. The molecule has 0 saturated carbocycles. The first-order chi connectivity index (χ1) is 4.57. The lowest BCUT2D eigenvalue weighted by Gasteiger charge is -2.16. The average Bonchev–Trinajstić information content (AvgIpc) is 1.85. The molecule has 1 heteroatoms. The van der Waals surface area contributed by atoms with E-state index in [0.29, 0.717) is 11.8 Å². The predicted molar refractivity (Wildman–Crippen MR) is 43.4 cm³/mol. The van der Waals surface area contributed by atoms with Gasteiger partial charge in [0.25, 0.3) is 0 Å². The third-order valence-corrected chi connectivity index (χ3v) is 1.98. The van der Waals surface area contributed by atoms with Crippen LogP contribution >= 0.6 is 0 Å². The third-order valence-electron chi connectivity index (χ3n) is 1.98. The number of hydrogen-bond acceptors (Lipinski definition) is 0. The summed E-state index contributed by atoms with van der Waals surface area (Å²) in [6, 6.07) is 0. The predicted octanol–water partition coefficient (Wildman–Crippen LogP) is 2.88. The quantitative estimate of drug-likeness (QED) is 0.576. The van der Waals surface area contributed by atoms with Gasteiger partial charge in [-0.05, 0) is 18.3 Å². The largest absolute Gasteiger partial charge is 0.233 e. The summed E-state index contributed by atoms with van der Waals surface area (Å²) in [7, 11) is 0. The minimum atomic E-state index is -0.343. The summed E-state index contributed by atoms with van der Waals surface area (Å²) in [6.45, 7) is 8.33. The van der Waals surface area contributed by atoms with Crippen LogP contribution in [-0.4, -0.2) is 6.10 Å². The highest BCUT2D eigenvalue weighted by atomic mass is 16.3. The molecule has 0 bridgehead atoms. The molecule has 0 saturated heterocycles. The molecule has 0 aromatic carbocycles. The van der Waals surface area contributed by atoms with E-state index in [9.17, 15) is 5.11 Å². The summed E-state index contributed by atoms with van der Waals surface area (Å²) in [5.41, 5.74) is 0. The molecule has 2 unspecified atom stereocenters. The molecule has 2 atom stereocenters. The SMILES string of the molecule is CCC(C)C([O])CC(C)C. The Labute approximate surface area is 64.5 Å². The van der Waals surface area contributed by atoms with Gasteiger partial charge in [0.1, 0.15) is 0 Å². The van der Waals surface area contributed by atoms with E-state index in [1.807, 2.05) is 6.92 Å². The molecule has 0 aliphatic heterocycles. The molecule has 0 aromatic rings. The first kappa shape index (κ1) is 9.96. The fraction of sp³-hybridized carbons (Fsp3) is 1.00. The first-order valence-corrected chi connectivity index (χ1v) is 4.23. The highest BCUT2D eigenvalue weighted by molar-refractivity contribution is 4.63. The van der Waals surface area contributed by atoms with Crippen LogP contribution < -0.4 is 0 Å². The van der Waals surface area contributed by atoms with Gasteiger partial charge in [0.2, 0.25) is 0 Å². The van der Waals surface area contributed by atoms with Gasteiger partial charge >= 0.3 is 0 Å². The Bertz CT molecular complexity index is 78.8. The van der Waals surface area contributed by atoms with Crippen LogP contribution in [0.15, 0.2) is 0 Å². The van der Waals surface area contributed by atoms with Gasteiger partial charge in [-0.15, -0.1) is 0 Å². The maximum atomic E-state index is 11.3. The molecule has 10 heavy (non-hydrogen) atoms. The van der Waals surface area contributed by atoms with Crippen molar-refractivity contribution in [3.05, 3.63) is 0 Å². The van der Waals surface area contributed by atoms with Crippen molar-refractivity contribution in [1.82, 2.24) is 0 Å². The van der Waals surface area contributed by atoms with Crippen LogP contribution in [0.3, 0.4) is 0 Å². The summed E-state index contributed by atoms with van der Waals surface area (Å²) in [5.74, 6) is 0.902. The zero-order valence-electron chi connectivity index (χ0n) is 7.55. The molecule has 0 aliphatic carbocycles. The second-order valence-corrected chi connectivity index (χ2v) is 3.55. The van der Waals surface area contributed by atoms with E-state index in [0.717, 1.165) is 12.8 Å². The van der Waals surface area contributed by atoms with Crippen LogP contribution in [0.5, 0.6) is 0 Å². The summed E-state index contributed by atoms with van der Waals surface area (Å²) >= 11 is 0. The van der Waals surface area contributed by atoms with Gasteiger partial charge < -0.3 is 0 Å². The Balaban J connectivity index is 3.50. The molecule has 61 valence electrons. The molecular weight excluding hydrogens is 124 g/mol. The molecule has 0 spiro atoms. The van der Waals surface area contributed by atoms with Crippen LogP contribution in [0.1, 0.15) is 40.5 Å². The van der Waals surface area contributed by atoms with E-state index >= 15 is 0 Å². The molecular formula is C9H19O. The van der Waals surface area contributed by atoms with E-state index < -0.39 is 0 Å². The second kappa shape index (κ2) is 4.73. The summed E-state index contributed by atoms with van der Waals surface area (Å²) in [5, 5.41) is 11.3. The van der Waals surface area contributed by atoms with E-state index in [-0.39, 0.29) is 6.10 Å². The summed E-state index contributed by atoms with van der Waals surface area (Å²) in [6.07, 6.45) is 1.50. The van der Waals surface area contributed by atoms with Gasteiger partial charge in [-0.25, -0.2) is 5.11 Å². The molecule has 0 rings (SSSR count). The highest BCUT2D eigenvalue weighted by Crippen LogP contribution is 2.15. The molecule has 0 heterocycles. The van der Waals surface area contributed by atoms with Crippen molar-refractivity contribution in [3.63, 3.8) is 0 Å². The van der Waals surface area contributed by atoms with Crippen LogP contribution in [0.2, 0.25) is 0 Å². The smallest absolute Gasteiger partial charge is 0.0957 e. The highest BCUT2D eigenvalue weighted by Gasteiger charge is 2.14. The van der Waals surface area contributed by atoms with E-state index in [4.69, 9.17) is 0 Å². The molecule has 0 amide bonds. The van der Waals surface area contributed by atoms with Gasteiger partial charge in [0, 0.05) is 0 Å². The summed E-state index contributed by atoms with van der Waals surface area (Å²) < 4.78 is 0. The van der Waals surface area contributed by atoms with Crippen LogP contribution in [0, 0.1) is 11.8 Å². The van der Waals surface area contributed by atoms with Gasteiger partial charge in [-0.1, -0.05) is 34.1 Å². The maximum absolute atomic E-state index is 11.3. The number of rotatable bonds is 4. The fourth-order valence-corrected chi connectivity index (χ4v) is 0.960. The van der Waals surface area contributed by atoms with Gasteiger partial charge in [0.05, 0.1) is 6.10 Å². The van der Waals surface area contributed by atoms with Crippen molar-refractivity contribution in [2.45, 2.75) is 46.6 Å². The van der Waals surface area contributed by atoms with Crippen molar-refractivity contribution in [1.29, 1.82) is 0 Å². The van der Waals surface area contributed by atoms with Crippen molar-refractivity contribution in [2.75, 3.05) is 0 Å². The monoisotopic (exact) mass is 143 g/mol. The van der Waals surface area contributed by atoms with E-state index in [2.05, 4.69) is 20.8 Å². The second-order valence-electron chi connectivity index (χ2n) is 3.55. The maximum Gasteiger partial charge on any atom is 0.0957 e. The average molecular weight is 143 g/mol. The van der Waals surface area contributed by atoms with Crippen molar-refractivity contribution in [2.24, 2.45) is 11.8 Å². The van der Waals surface area contributed by atoms with Crippen molar-refractivity contribution in [3.8, 4) is 0 Å². The van der Waals surface area contributed by atoms with Crippen LogP contribution in [0.4, 0.5) is 0 Å². The lowest BCUT2D eigenvalue weighted by atomic mass is 9.94. The molecule has 0 N–H and O–H groups in total. The lowest BCUT2D eigenvalue weighted by molar-refractivity contribution is 0.0254. The van der Waals surface area contributed by atoms with Gasteiger partial charge in [-0.2, -0.15) is 0 Å². The Kier molecular flexibility index (Phi) is 4.71. The summed E-state index contributed by atoms with van der Waals surface area (Å²) in [4.78, 5) is 0. The Morgan fingerprint density at radius 3 is 2.00 bits per heavy atom. The Hall–Kier alpha value is -0.0400. The van der Waals surface area contributed by atoms with Crippen molar-refractivity contribution >= 4 is 0 Å². The normalized spacial score (nSPS) is 17.4. The molecule has 0 aromatic heterocycles. The zero-order chi connectivity index (χ0) is 8.15. The number of hydrogen-bond donors (Lipinski definition) is 0. The Morgan fingerprint density at radius 2 is 1.70 bits per heavy atom. The standard InChI is InChI=1S/C9H19O/c1-5-8(4)9(10)6-7(2)3/h7-9H,5-6H2,1-4H3. The minimum absolute atomic E-state index is 0.343. The van der Waals surface area contributed by atoms with E-state index in [1.54, 1.807) is 0 Å². The minimum Gasteiger partial charge on any atom is -0.233 e. The van der Waals surface area contributed by atoms with E-state index in [1.165, 1.54) is 0 Å². The van der Waals surface area contributed by atoms with Crippen LogP contribution in [-0.2, 0) is 5.11 Å². The van der Waals surface area contributed by atoms with Gasteiger partial charge in [-0.3, -0.25) is 0 Å². The Morgan fingerprint density at radius 1 is 1.20 bits per heavy atom. The zero-order valence-corrected chi connectivity index (χ0v) is 7.55. The molecule has 0 aliphatic rings. The molecule has 1 radical (unpaired) electrons. The van der Waals surface area contributed by atoms with Crippen LogP contribution in [0.25, 0.3) is 0 Å².